The molecule has 2 heterocycles. The van der Waals surface area contributed by atoms with Gasteiger partial charge in [-0.3, -0.25) is 4.79 Å². The second-order valence-corrected chi connectivity index (χ2v) is 5.47. The standard InChI is InChI=1S/C14H19N5O.ClH/c1-9-7-11(5-6-15-9)16-14(20)10-3-4-13-12(8-10)17-18-19(13)2;/h3-4,8-9,11,15H,5-7H2,1-2H3,(H,16,20);1H. The zero-order valence-electron chi connectivity index (χ0n) is 12.2. The molecule has 1 fully saturated rings. The molecule has 1 aliphatic rings. The van der Waals surface area contributed by atoms with E-state index in [1.54, 1.807) is 10.7 Å². The molecular formula is C14H20ClN5O. The van der Waals surface area contributed by atoms with Gasteiger partial charge in [-0.2, -0.15) is 0 Å². The topological polar surface area (TPSA) is 71.8 Å². The highest BCUT2D eigenvalue weighted by Crippen LogP contribution is 2.14. The Morgan fingerprint density at radius 1 is 1.48 bits per heavy atom. The maximum Gasteiger partial charge on any atom is 0.251 e. The van der Waals surface area contributed by atoms with Crippen LogP contribution in [0.1, 0.15) is 30.1 Å². The first-order valence-electron chi connectivity index (χ1n) is 6.97. The van der Waals surface area contributed by atoms with Gasteiger partial charge in [0, 0.05) is 24.7 Å². The molecule has 0 saturated carbocycles. The molecule has 0 bridgehead atoms. The van der Waals surface area contributed by atoms with Crippen molar-refractivity contribution < 1.29 is 4.79 Å². The molecule has 3 rings (SSSR count). The van der Waals surface area contributed by atoms with E-state index < -0.39 is 0 Å². The van der Waals surface area contributed by atoms with E-state index in [4.69, 9.17) is 0 Å². The van der Waals surface area contributed by atoms with E-state index in [-0.39, 0.29) is 24.4 Å². The van der Waals surface area contributed by atoms with E-state index in [2.05, 4.69) is 27.9 Å². The summed E-state index contributed by atoms with van der Waals surface area (Å²) in [5, 5.41) is 14.5. The molecule has 1 amide bonds. The second-order valence-electron chi connectivity index (χ2n) is 5.47. The summed E-state index contributed by atoms with van der Waals surface area (Å²) in [7, 11) is 1.84. The van der Waals surface area contributed by atoms with Gasteiger partial charge in [0.25, 0.3) is 5.91 Å². The van der Waals surface area contributed by atoms with Gasteiger partial charge in [0.15, 0.2) is 0 Å². The van der Waals surface area contributed by atoms with E-state index in [1.807, 2.05) is 19.2 Å². The third-order valence-electron chi connectivity index (χ3n) is 3.83. The molecule has 1 saturated heterocycles. The number of aromatic nitrogens is 3. The quantitative estimate of drug-likeness (QED) is 0.876. The van der Waals surface area contributed by atoms with Crippen molar-refractivity contribution in [2.75, 3.05) is 6.54 Å². The van der Waals surface area contributed by atoms with Gasteiger partial charge in [-0.05, 0) is 44.5 Å². The highest BCUT2D eigenvalue weighted by atomic mass is 35.5. The molecule has 2 aromatic rings. The summed E-state index contributed by atoms with van der Waals surface area (Å²) in [6, 6.07) is 6.20. The smallest absolute Gasteiger partial charge is 0.251 e. The average Bonchev–Trinajstić information content (AvgIpc) is 2.80. The minimum atomic E-state index is -0.0309. The molecule has 2 unspecified atom stereocenters. The number of aryl methyl sites for hydroxylation is 1. The number of carbonyl (C=O) groups is 1. The van der Waals surface area contributed by atoms with Gasteiger partial charge in [0.2, 0.25) is 0 Å². The summed E-state index contributed by atoms with van der Waals surface area (Å²) in [6.45, 7) is 3.10. The molecule has 1 aromatic carbocycles. The van der Waals surface area contributed by atoms with Crippen LogP contribution in [-0.2, 0) is 7.05 Å². The van der Waals surface area contributed by atoms with Gasteiger partial charge < -0.3 is 10.6 Å². The Kier molecular flexibility index (Phi) is 4.80. The number of carbonyl (C=O) groups excluding carboxylic acids is 1. The normalized spacial score (nSPS) is 21.8. The van der Waals surface area contributed by atoms with Gasteiger partial charge in [0.1, 0.15) is 5.52 Å². The minimum absolute atomic E-state index is 0. The minimum Gasteiger partial charge on any atom is -0.349 e. The van der Waals surface area contributed by atoms with Gasteiger partial charge in [-0.15, -0.1) is 17.5 Å². The Bertz CT molecular complexity index is 641. The summed E-state index contributed by atoms with van der Waals surface area (Å²) in [5.41, 5.74) is 2.32. The summed E-state index contributed by atoms with van der Waals surface area (Å²) < 4.78 is 1.70. The Morgan fingerprint density at radius 2 is 2.29 bits per heavy atom. The van der Waals surface area contributed by atoms with Crippen LogP contribution in [0.3, 0.4) is 0 Å². The number of hydrogen-bond donors (Lipinski definition) is 2. The molecule has 2 atom stereocenters. The third kappa shape index (κ3) is 3.33. The number of nitrogens with zero attached hydrogens (tertiary/aromatic N) is 3. The first-order chi connectivity index (χ1) is 9.63. The lowest BCUT2D eigenvalue weighted by molar-refractivity contribution is 0.0926. The highest BCUT2D eigenvalue weighted by Gasteiger charge is 2.20. The maximum absolute atomic E-state index is 12.3. The molecule has 114 valence electrons. The van der Waals surface area contributed by atoms with Crippen molar-refractivity contribution in [1.82, 2.24) is 25.6 Å². The molecule has 2 N–H and O–H groups in total. The van der Waals surface area contributed by atoms with Crippen LogP contribution in [0.2, 0.25) is 0 Å². The van der Waals surface area contributed by atoms with Gasteiger partial charge in [0.05, 0.1) is 5.52 Å². The van der Waals surface area contributed by atoms with E-state index in [0.29, 0.717) is 11.6 Å². The average molecular weight is 310 g/mol. The summed E-state index contributed by atoms with van der Waals surface area (Å²) in [4.78, 5) is 12.3. The number of fused-ring (bicyclic) bond motifs is 1. The first kappa shape index (κ1) is 15.7. The molecule has 0 radical (unpaired) electrons. The van der Waals surface area contributed by atoms with Crippen molar-refractivity contribution in [3.05, 3.63) is 23.8 Å². The molecular weight excluding hydrogens is 290 g/mol. The predicted octanol–water partition coefficient (Wildman–Crippen LogP) is 1.26. The number of halogens is 1. The largest absolute Gasteiger partial charge is 0.349 e. The Balaban J connectivity index is 0.00000161. The van der Waals surface area contributed by atoms with Gasteiger partial charge in [-0.25, -0.2) is 4.68 Å². The zero-order valence-corrected chi connectivity index (χ0v) is 13.0. The molecule has 21 heavy (non-hydrogen) atoms. The molecule has 6 nitrogen and oxygen atoms in total. The Morgan fingerprint density at radius 3 is 3.05 bits per heavy atom. The monoisotopic (exact) mass is 309 g/mol. The second kappa shape index (κ2) is 6.41. The number of piperidine rings is 1. The lowest BCUT2D eigenvalue weighted by Gasteiger charge is -2.28. The van der Waals surface area contributed by atoms with Crippen LogP contribution in [0.15, 0.2) is 18.2 Å². The van der Waals surface area contributed by atoms with Crippen LogP contribution in [0.25, 0.3) is 11.0 Å². The Labute approximate surface area is 129 Å². The number of rotatable bonds is 2. The fourth-order valence-corrected chi connectivity index (χ4v) is 2.71. The number of benzene rings is 1. The van der Waals surface area contributed by atoms with E-state index in [9.17, 15) is 4.79 Å². The number of amides is 1. The molecule has 1 aromatic heterocycles. The highest BCUT2D eigenvalue weighted by molar-refractivity contribution is 5.97. The van der Waals surface area contributed by atoms with E-state index in [1.165, 1.54) is 0 Å². The van der Waals surface area contributed by atoms with E-state index >= 15 is 0 Å². The van der Waals surface area contributed by atoms with Crippen LogP contribution in [0.4, 0.5) is 0 Å². The van der Waals surface area contributed by atoms with Crippen LogP contribution in [0, 0.1) is 0 Å². The fourth-order valence-electron chi connectivity index (χ4n) is 2.71. The summed E-state index contributed by atoms with van der Waals surface area (Å²) in [5.74, 6) is -0.0309. The zero-order chi connectivity index (χ0) is 14.1. The maximum atomic E-state index is 12.3. The number of hydrogen-bond acceptors (Lipinski definition) is 4. The number of nitrogens with one attached hydrogen (secondary N) is 2. The summed E-state index contributed by atoms with van der Waals surface area (Å²) >= 11 is 0. The Hall–Kier alpha value is -1.66. The van der Waals surface area contributed by atoms with Crippen molar-refractivity contribution in [3.8, 4) is 0 Å². The van der Waals surface area contributed by atoms with Crippen molar-refractivity contribution in [1.29, 1.82) is 0 Å². The first-order valence-corrected chi connectivity index (χ1v) is 6.97. The van der Waals surface area contributed by atoms with Gasteiger partial charge in [-0.1, -0.05) is 5.21 Å². The van der Waals surface area contributed by atoms with Crippen molar-refractivity contribution in [2.24, 2.45) is 7.05 Å². The van der Waals surface area contributed by atoms with Crippen LogP contribution < -0.4 is 10.6 Å². The SMILES string of the molecule is CC1CC(NC(=O)c2ccc3c(c2)nnn3C)CCN1.Cl. The van der Waals surface area contributed by atoms with Crippen LogP contribution in [0.5, 0.6) is 0 Å². The van der Waals surface area contributed by atoms with Crippen LogP contribution in [-0.4, -0.2) is 39.5 Å². The van der Waals surface area contributed by atoms with Crippen molar-refractivity contribution in [2.45, 2.75) is 31.8 Å². The molecule has 0 spiro atoms. The fraction of sp³-hybridized carbons (Fsp3) is 0.500. The predicted molar refractivity (Wildman–Crippen MR) is 83.7 cm³/mol. The third-order valence-corrected chi connectivity index (χ3v) is 3.83. The van der Waals surface area contributed by atoms with E-state index in [0.717, 1.165) is 30.4 Å². The van der Waals surface area contributed by atoms with Crippen LogP contribution >= 0.6 is 12.4 Å². The van der Waals surface area contributed by atoms with Crippen molar-refractivity contribution in [3.63, 3.8) is 0 Å². The van der Waals surface area contributed by atoms with Crippen molar-refractivity contribution >= 4 is 29.3 Å². The molecule has 1 aliphatic heterocycles. The van der Waals surface area contributed by atoms with Gasteiger partial charge >= 0.3 is 0 Å². The lowest BCUT2D eigenvalue weighted by atomic mass is 10.0. The molecule has 7 heteroatoms. The lowest BCUT2D eigenvalue weighted by Crippen LogP contribution is -2.46. The molecule has 0 aliphatic carbocycles. The summed E-state index contributed by atoms with van der Waals surface area (Å²) in [6.07, 6.45) is 1.95.